The van der Waals surface area contributed by atoms with Crippen LogP contribution in [0.4, 0.5) is 0 Å². The molecule has 0 saturated carbocycles. The minimum atomic E-state index is -2.60. The van der Waals surface area contributed by atoms with E-state index in [0.29, 0.717) is 0 Å². The number of nitrogens with zero attached hydrogens (tertiary/aromatic N) is 2. The average molecular weight is 352 g/mol. The fourth-order valence-corrected chi connectivity index (χ4v) is 0.975. The summed E-state index contributed by atoms with van der Waals surface area (Å²) >= 11 is 2.84. The van der Waals surface area contributed by atoms with Crippen LogP contribution >= 0.6 is 44.2 Å². The van der Waals surface area contributed by atoms with Gasteiger partial charge in [0.05, 0.1) is 13.6 Å². The van der Waals surface area contributed by atoms with Gasteiger partial charge in [-0.15, -0.1) is 0 Å². The highest BCUT2D eigenvalue weighted by Crippen LogP contribution is 2.25. The van der Waals surface area contributed by atoms with Crippen LogP contribution < -0.4 is 4.57 Å². The molecule has 88 valence electrons. The van der Waals surface area contributed by atoms with Crippen molar-refractivity contribution in [3.05, 3.63) is 18.7 Å². The number of aryl methyl sites for hydroxylation is 2. The third-order valence-corrected chi connectivity index (χ3v) is 1.59. The summed E-state index contributed by atoms with van der Waals surface area (Å²) in [7, 11) is 14.9. The van der Waals surface area contributed by atoms with Gasteiger partial charge in [-0.1, -0.05) is 13.3 Å². The normalized spacial score (nSPS) is 10.8. The first-order chi connectivity index (χ1) is 6.83. The van der Waals surface area contributed by atoms with Crippen molar-refractivity contribution in [3.63, 3.8) is 0 Å². The molecule has 0 aliphatic carbocycles. The van der Waals surface area contributed by atoms with Gasteiger partial charge >= 0.3 is 8.49 Å². The predicted octanol–water partition coefficient (Wildman–Crippen LogP) is 3.65. The smallest absolute Gasteiger partial charge is 0.396 e. The monoisotopic (exact) mass is 350 g/mol. The fourth-order valence-electron chi connectivity index (χ4n) is 0.975. The van der Waals surface area contributed by atoms with Crippen LogP contribution in [-0.2, 0) is 13.6 Å². The summed E-state index contributed by atoms with van der Waals surface area (Å²) in [6.45, 7) is 3.36. The third-order valence-electron chi connectivity index (χ3n) is 1.59. The summed E-state index contributed by atoms with van der Waals surface area (Å²) in [5, 5.41) is 0. The Labute approximate surface area is 113 Å². The van der Waals surface area contributed by atoms with Gasteiger partial charge in [-0.05, 0) is 6.42 Å². The molecule has 0 aromatic carbocycles. The molecule has 0 aliphatic rings. The Kier molecular flexibility index (Phi) is 8.82. The van der Waals surface area contributed by atoms with Crippen molar-refractivity contribution in [2.75, 3.05) is 0 Å². The van der Waals surface area contributed by atoms with E-state index >= 15 is 0 Å². The number of hydrogen-bond donors (Lipinski definition) is 0. The van der Waals surface area contributed by atoms with E-state index in [1.807, 2.05) is 7.05 Å². The molecule has 0 atom stereocenters. The minimum absolute atomic E-state index is 1.15. The van der Waals surface area contributed by atoms with Gasteiger partial charge in [0.15, 0.2) is 0 Å². The Balaban J connectivity index is 0.000000336. The lowest BCUT2D eigenvalue weighted by Crippen LogP contribution is -2.23. The second-order valence-electron chi connectivity index (χ2n) is 3.17. The molecule has 0 bridgehead atoms. The summed E-state index contributed by atoms with van der Waals surface area (Å²) in [6, 6.07) is 0. The molecule has 1 aromatic rings. The van der Waals surface area contributed by atoms with E-state index in [-0.39, 0.29) is 0 Å². The lowest BCUT2D eigenvalue weighted by molar-refractivity contribution is -0.671. The van der Waals surface area contributed by atoms with Gasteiger partial charge in [0, 0.05) is 0 Å². The zero-order valence-corrected chi connectivity index (χ0v) is 13.8. The molecule has 2 nitrogen and oxygen atoms in total. The van der Waals surface area contributed by atoms with Crippen molar-refractivity contribution >= 4 is 52.7 Å². The average Bonchev–Trinajstić information content (AvgIpc) is 2.45. The van der Waals surface area contributed by atoms with Crippen LogP contribution in [0.3, 0.4) is 0 Å². The summed E-state index contributed by atoms with van der Waals surface area (Å²) in [4.78, 5) is 0. The van der Waals surface area contributed by atoms with E-state index in [1.54, 1.807) is 0 Å². The van der Waals surface area contributed by atoms with Crippen molar-refractivity contribution < 1.29 is 4.57 Å². The number of aromatic nitrogens is 2. The van der Waals surface area contributed by atoms with Crippen LogP contribution in [0.15, 0.2) is 18.7 Å². The number of hydrogen-bond acceptors (Lipinski definition) is 0. The van der Waals surface area contributed by atoms with Gasteiger partial charge in [0.1, 0.15) is 12.4 Å². The predicted molar refractivity (Wildman–Crippen MR) is 72.8 cm³/mol. The van der Waals surface area contributed by atoms with Gasteiger partial charge in [0.25, 0.3) is 0 Å². The molecule has 15 heavy (non-hydrogen) atoms. The topological polar surface area (TPSA) is 8.81 Å². The molecule has 0 unspecified atom stereocenters. The summed E-state index contributed by atoms with van der Waals surface area (Å²) in [5.74, 6) is 0. The first-order valence-electron chi connectivity index (χ1n) is 4.71. The molecule has 0 aliphatic heterocycles. The molecule has 1 heterocycles. The summed E-state index contributed by atoms with van der Waals surface area (Å²) in [6.07, 6.45) is 8.82. The molecule has 7 heteroatoms. The first-order valence-corrected chi connectivity index (χ1v) is 13.1. The molecule has 0 saturated heterocycles. The second-order valence-corrected chi connectivity index (χ2v) is 20.9. The van der Waals surface area contributed by atoms with Crippen LogP contribution in [0.5, 0.6) is 0 Å². The van der Waals surface area contributed by atoms with Crippen LogP contribution in [0.25, 0.3) is 0 Å². The van der Waals surface area contributed by atoms with Gasteiger partial charge in [-0.3, -0.25) is 0 Å². The largest absolute Gasteiger partial charge is 0.534 e. The van der Waals surface area contributed by atoms with Crippen molar-refractivity contribution in [1.29, 1.82) is 0 Å². The standard InChI is InChI=1S/C8H15N2.Al.BrH.3ClH/c1-3-4-5-10-7-6-9(2)8-10;;;;;/h6-8H,3-5H2,1-2H3;;4*1H/q+1;+3;;;;/p-4. The van der Waals surface area contributed by atoms with Crippen LogP contribution in [0, 0.1) is 0 Å². The fraction of sp³-hybridized carbons (Fsp3) is 0.625. The van der Waals surface area contributed by atoms with Gasteiger partial charge in [-0.25, -0.2) is 9.13 Å². The van der Waals surface area contributed by atoms with E-state index < -0.39 is 8.49 Å². The quantitative estimate of drug-likeness (QED) is 0.580. The van der Waals surface area contributed by atoms with Crippen LogP contribution in [0.2, 0.25) is 0 Å². The number of unbranched alkanes of at least 4 members (excludes halogenated alkanes) is 1. The maximum absolute atomic E-state index is 5.14. The molecule has 1 aromatic heterocycles. The third kappa shape index (κ3) is 13.0. The molecule has 0 radical (unpaired) electrons. The molecule has 0 fully saturated rings. The summed E-state index contributed by atoms with van der Waals surface area (Å²) in [5.41, 5.74) is 0. The maximum Gasteiger partial charge on any atom is 0.534 e. The van der Waals surface area contributed by atoms with Gasteiger partial charge in [0.2, 0.25) is 6.33 Å². The van der Waals surface area contributed by atoms with Crippen molar-refractivity contribution in [2.24, 2.45) is 7.05 Å². The molecule has 1 rings (SSSR count). The van der Waals surface area contributed by atoms with E-state index in [1.165, 1.54) is 12.8 Å². The Morgan fingerprint density at radius 3 is 2.27 bits per heavy atom. The SMILES string of the molecule is CCCCn1cc[n+](C)c1.[Cl][Al-]([Cl])([Cl])[Br]. The van der Waals surface area contributed by atoms with Gasteiger partial charge < -0.3 is 44.2 Å². The lowest BCUT2D eigenvalue weighted by atomic mass is 10.3. The zero-order valence-electron chi connectivity index (χ0n) is 8.84. The maximum atomic E-state index is 5.14. The Morgan fingerprint density at radius 1 is 1.40 bits per heavy atom. The van der Waals surface area contributed by atoms with E-state index in [0.717, 1.165) is 6.54 Å². The minimum Gasteiger partial charge on any atom is -0.396 e. The van der Waals surface area contributed by atoms with E-state index in [9.17, 15) is 0 Å². The number of imidazole rings is 1. The lowest BCUT2D eigenvalue weighted by Gasteiger charge is -1.97. The van der Waals surface area contributed by atoms with E-state index in [2.05, 4.69) is 48.8 Å². The Hall–Kier alpha value is 1.09. The number of rotatable bonds is 3. The van der Waals surface area contributed by atoms with Gasteiger partial charge in [-0.2, -0.15) is 0 Å². The van der Waals surface area contributed by atoms with Crippen molar-refractivity contribution in [1.82, 2.24) is 4.57 Å². The first kappa shape index (κ1) is 16.1. The highest BCUT2D eigenvalue weighted by Gasteiger charge is 2.13. The van der Waals surface area contributed by atoms with Crippen LogP contribution in [0.1, 0.15) is 19.8 Å². The van der Waals surface area contributed by atoms with Crippen molar-refractivity contribution in [2.45, 2.75) is 26.3 Å². The molecule has 0 amide bonds. The Morgan fingerprint density at radius 2 is 1.93 bits per heavy atom. The van der Waals surface area contributed by atoms with E-state index in [4.69, 9.17) is 30.1 Å². The second kappa shape index (κ2) is 8.22. The zero-order chi connectivity index (χ0) is 11.9. The molecule has 0 spiro atoms. The van der Waals surface area contributed by atoms with Crippen LogP contribution in [-0.4, -0.2) is 13.1 Å². The molecular weight excluding hydrogens is 337 g/mol. The highest BCUT2D eigenvalue weighted by molar-refractivity contribution is 9.30. The summed E-state index contributed by atoms with van der Waals surface area (Å²) < 4.78 is 4.28. The number of halogens is 4. The highest BCUT2D eigenvalue weighted by atomic mass is 79.9. The Bertz CT molecular complexity index is 269. The molecule has 0 N–H and O–H groups in total. The van der Waals surface area contributed by atoms with Crippen molar-refractivity contribution in [3.8, 4) is 0 Å². The molecular formula is C8H15AlBrCl3N2.